The molecule has 0 amide bonds. The Bertz CT molecular complexity index is 1040. The minimum atomic E-state index is 1.00. The van der Waals surface area contributed by atoms with E-state index >= 15 is 0 Å². The first kappa shape index (κ1) is 30.6. The van der Waals surface area contributed by atoms with Gasteiger partial charge in [0.15, 0.2) is 0 Å². The summed E-state index contributed by atoms with van der Waals surface area (Å²) >= 11 is 0. The van der Waals surface area contributed by atoms with Gasteiger partial charge in [-0.3, -0.25) is 4.99 Å². The fraction of sp³-hybridized carbons (Fsp3) is 0.258. The molecule has 34 heavy (non-hydrogen) atoms. The SMILES string of the molecule is C/C=C\C.C=C.CCC(C)=N/C=C(\C)c1ccc2ccccc2c1.CNNc1cccc(C)c1. The molecular weight excluding hydrogens is 414 g/mol. The van der Waals surface area contributed by atoms with Crippen LogP contribution in [0.15, 0.2) is 103 Å². The van der Waals surface area contributed by atoms with Crippen molar-refractivity contribution in [1.82, 2.24) is 5.43 Å². The third-order valence-corrected chi connectivity index (χ3v) is 4.82. The van der Waals surface area contributed by atoms with Crippen LogP contribution >= 0.6 is 0 Å². The maximum atomic E-state index is 4.45. The van der Waals surface area contributed by atoms with Crippen LogP contribution in [-0.2, 0) is 0 Å². The average molecular weight is 458 g/mol. The fourth-order valence-corrected chi connectivity index (χ4v) is 2.67. The molecule has 0 bridgehead atoms. The lowest BCUT2D eigenvalue weighted by atomic mass is 10.0. The number of nitrogens with zero attached hydrogens (tertiary/aromatic N) is 1. The lowest BCUT2D eigenvalue weighted by molar-refractivity contribution is 0.983. The van der Waals surface area contributed by atoms with E-state index in [9.17, 15) is 0 Å². The molecule has 3 heteroatoms. The lowest BCUT2D eigenvalue weighted by Gasteiger charge is -2.03. The number of fused-ring (bicyclic) bond motifs is 1. The first-order chi connectivity index (χ1) is 16.4. The number of hydrazine groups is 1. The molecule has 3 aromatic rings. The zero-order valence-corrected chi connectivity index (χ0v) is 22.2. The fourth-order valence-electron chi connectivity index (χ4n) is 2.67. The number of anilines is 1. The largest absolute Gasteiger partial charge is 0.322 e. The van der Waals surface area contributed by atoms with Crippen molar-refractivity contribution in [2.45, 2.75) is 48.0 Å². The number of aliphatic imine (C=N–C) groups is 1. The van der Waals surface area contributed by atoms with E-state index in [2.05, 4.69) is 111 Å². The number of hydrogen-bond acceptors (Lipinski definition) is 3. The second kappa shape index (κ2) is 19.1. The molecule has 0 heterocycles. The van der Waals surface area contributed by atoms with Gasteiger partial charge in [0.1, 0.15) is 0 Å². The first-order valence-electron chi connectivity index (χ1n) is 11.7. The zero-order chi connectivity index (χ0) is 25.8. The molecule has 0 radical (unpaired) electrons. The van der Waals surface area contributed by atoms with E-state index in [0.717, 1.165) is 17.8 Å². The topological polar surface area (TPSA) is 36.4 Å². The second-order valence-corrected chi connectivity index (χ2v) is 7.50. The number of nitrogens with one attached hydrogen (secondary N) is 2. The summed E-state index contributed by atoms with van der Waals surface area (Å²) in [7, 11) is 1.85. The molecule has 0 aromatic heterocycles. The first-order valence-corrected chi connectivity index (χ1v) is 11.7. The van der Waals surface area contributed by atoms with Gasteiger partial charge in [0.25, 0.3) is 0 Å². The molecule has 0 spiro atoms. The third-order valence-electron chi connectivity index (χ3n) is 4.82. The molecule has 0 unspecified atom stereocenters. The zero-order valence-electron chi connectivity index (χ0n) is 22.2. The van der Waals surface area contributed by atoms with Crippen LogP contribution in [-0.4, -0.2) is 12.8 Å². The lowest BCUT2D eigenvalue weighted by Crippen LogP contribution is -2.14. The van der Waals surface area contributed by atoms with Gasteiger partial charge in [-0.1, -0.05) is 67.6 Å². The number of benzene rings is 3. The molecule has 0 saturated carbocycles. The molecule has 0 aliphatic rings. The number of allylic oxidation sites excluding steroid dienone is 3. The molecule has 3 rings (SSSR count). The molecule has 0 aliphatic carbocycles. The van der Waals surface area contributed by atoms with Crippen LogP contribution in [0.25, 0.3) is 16.3 Å². The molecule has 0 fully saturated rings. The van der Waals surface area contributed by atoms with Crippen LogP contribution in [0, 0.1) is 6.92 Å². The van der Waals surface area contributed by atoms with Crippen LogP contribution in [0.5, 0.6) is 0 Å². The van der Waals surface area contributed by atoms with Gasteiger partial charge in [-0.05, 0) is 86.7 Å². The number of hydrogen-bond donors (Lipinski definition) is 2. The normalized spacial score (nSPS) is 10.9. The van der Waals surface area contributed by atoms with Crippen molar-refractivity contribution < 1.29 is 0 Å². The van der Waals surface area contributed by atoms with E-state index in [4.69, 9.17) is 0 Å². The van der Waals surface area contributed by atoms with Gasteiger partial charge in [0.05, 0.1) is 0 Å². The van der Waals surface area contributed by atoms with Crippen LogP contribution in [0.4, 0.5) is 5.69 Å². The minimum absolute atomic E-state index is 1.00. The maximum Gasteiger partial charge on any atom is 0.0490 e. The summed E-state index contributed by atoms with van der Waals surface area (Å²) in [5.74, 6) is 0. The monoisotopic (exact) mass is 457 g/mol. The van der Waals surface area contributed by atoms with E-state index in [-0.39, 0.29) is 0 Å². The van der Waals surface area contributed by atoms with Crippen molar-refractivity contribution in [2.24, 2.45) is 4.99 Å². The quantitative estimate of drug-likeness (QED) is 0.228. The smallest absolute Gasteiger partial charge is 0.0490 e. The van der Waals surface area contributed by atoms with E-state index in [1.165, 1.54) is 27.5 Å². The molecule has 182 valence electrons. The highest BCUT2D eigenvalue weighted by molar-refractivity contribution is 5.87. The van der Waals surface area contributed by atoms with Gasteiger partial charge in [-0.2, -0.15) is 0 Å². The third kappa shape index (κ3) is 12.6. The molecule has 0 atom stereocenters. The van der Waals surface area contributed by atoms with Crippen LogP contribution in [0.1, 0.15) is 52.2 Å². The molecule has 2 N–H and O–H groups in total. The summed E-state index contributed by atoms with van der Waals surface area (Å²) in [5, 5.41) is 2.56. The Morgan fingerprint density at radius 3 is 2.09 bits per heavy atom. The summed E-state index contributed by atoms with van der Waals surface area (Å²) in [6.07, 6.45) is 6.96. The highest BCUT2D eigenvalue weighted by Gasteiger charge is 1.98. The molecule has 3 aromatic carbocycles. The Morgan fingerprint density at radius 1 is 0.882 bits per heavy atom. The Hall–Kier alpha value is -3.43. The van der Waals surface area contributed by atoms with Crippen LogP contribution in [0.3, 0.4) is 0 Å². The summed E-state index contributed by atoms with van der Waals surface area (Å²) in [6.45, 7) is 18.4. The Labute approximate surface area is 208 Å². The van der Waals surface area contributed by atoms with E-state index in [0.29, 0.717) is 0 Å². The summed E-state index contributed by atoms with van der Waals surface area (Å²) in [5.41, 5.74) is 11.8. The molecule has 0 aliphatic heterocycles. The number of rotatable bonds is 5. The van der Waals surface area contributed by atoms with E-state index in [1.807, 2.05) is 51.4 Å². The molecule has 0 saturated heterocycles. The molecule has 3 nitrogen and oxygen atoms in total. The Kier molecular flexibility index (Phi) is 17.2. The van der Waals surface area contributed by atoms with Crippen molar-refractivity contribution >= 4 is 27.7 Å². The minimum Gasteiger partial charge on any atom is -0.322 e. The highest BCUT2D eigenvalue weighted by atomic mass is 15.3. The van der Waals surface area contributed by atoms with Gasteiger partial charge >= 0.3 is 0 Å². The van der Waals surface area contributed by atoms with Gasteiger partial charge in [0, 0.05) is 24.6 Å². The highest BCUT2D eigenvalue weighted by Crippen LogP contribution is 2.21. The van der Waals surface area contributed by atoms with Crippen LogP contribution < -0.4 is 10.9 Å². The van der Waals surface area contributed by atoms with E-state index in [1.54, 1.807) is 0 Å². The van der Waals surface area contributed by atoms with Crippen molar-refractivity contribution in [3.63, 3.8) is 0 Å². The van der Waals surface area contributed by atoms with Crippen molar-refractivity contribution in [2.75, 3.05) is 12.5 Å². The van der Waals surface area contributed by atoms with Gasteiger partial charge in [-0.25, -0.2) is 5.43 Å². The average Bonchev–Trinajstić information content (AvgIpc) is 2.88. The van der Waals surface area contributed by atoms with Crippen molar-refractivity contribution in [3.8, 4) is 0 Å². The van der Waals surface area contributed by atoms with Crippen molar-refractivity contribution in [3.05, 3.63) is 109 Å². The van der Waals surface area contributed by atoms with Crippen molar-refractivity contribution in [1.29, 1.82) is 0 Å². The summed E-state index contributed by atoms with van der Waals surface area (Å²) in [4.78, 5) is 4.45. The second-order valence-electron chi connectivity index (χ2n) is 7.50. The number of aryl methyl sites for hydroxylation is 1. The predicted octanol–water partition coefficient (Wildman–Crippen LogP) is 9.00. The van der Waals surface area contributed by atoms with Gasteiger partial charge < -0.3 is 5.43 Å². The maximum absolute atomic E-state index is 4.45. The van der Waals surface area contributed by atoms with Gasteiger partial charge in [0.2, 0.25) is 0 Å². The van der Waals surface area contributed by atoms with E-state index < -0.39 is 0 Å². The van der Waals surface area contributed by atoms with Crippen LogP contribution in [0.2, 0.25) is 0 Å². The standard InChI is InChI=1S/C17H19N.C8H12N2.C4H8.C2H4/c1-4-14(3)18-12-13(2)16-10-9-15-7-5-6-8-17(15)11-16;1-7-4-3-5-8(6-7)10-9-2;1-3-4-2;1-2/h5-12H,4H2,1-3H3;3-6,9-10H,1-2H3;3-4H,1-2H3;1-2H2/b13-12+,18-14?;;4-3-;. The predicted molar refractivity (Wildman–Crippen MR) is 157 cm³/mol. The molecular formula is C31H43N3. The van der Waals surface area contributed by atoms with Gasteiger partial charge in [-0.15, -0.1) is 13.2 Å². The summed E-state index contributed by atoms with van der Waals surface area (Å²) in [6, 6.07) is 23.2. The Morgan fingerprint density at radius 2 is 1.53 bits per heavy atom. The Balaban J connectivity index is 0.000000573. The summed E-state index contributed by atoms with van der Waals surface area (Å²) < 4.78 is 0.